The van der Waals surface area contributed by atoms with Crippen LogP contribution < -0.4 is 5.32 Å². The number of halogens is 3. The van der Waals surface area contributed by atoms with E-state index in [4.69, 9.17) is 16.7 Å². The number of carbonyl (C=O) groups is 2. The number of aromatic nitrogens is 2. The first kappa shape index (κ1) is 22.4. The third kappa shape index (κ3) is 5.08. The molecule has 0 aliphatic rings. The number of alkyl halides is 2. The van der Waals surface area contributed by atoms with E-state index in [9.17, 15) is 18.4 Å². The smallest absolute Gasteiger partial charge is 0.335 e. The maximum atomic E-state index is 13.7. The van der Waals surface area contributed by atoms with Gasteiger partial charge in [0.25, 0.3) is 12.3 Å². The van der Waals surface area contributed by atoms with Crippen LogP contribution in [0.2, 0.25) is 5.02 Å². The Morgan fingerprint density at radius 2 is 1.87 bits per heavy atom. The number of nitrogens with one attached hydrogen (secondary N) is 1. The molecule has 2 N–H and O–H groups in total. The van der Waals surface area contributed by atoms with Gasteiger partial charge in [-0.25, -0.2) is 13.6 Å². The summed E-state index contributed by atoms with van der Waals surface area (Å²) in [6.07, 6.45) is -2.73. The standard InChI is InChI=1S/C22H20ClF2N3O3/c1-12(14-6-8-15(9-7-14)22(30)31)26-21(29)18-17(27-28(2)19(18)20(24)25)11-13-4-3-5-16(23)10-13/h3-10,12,20H,11H2,1-2H3,(H,26,29)(H,30,31)/t12-/m0/s1. The third-order valence-corrected chi connectivity index (χ3v) is 5.10. The van der Waals surface area contributed by atoms with E-state index in [-0.39, 0.29) is 23.2 Å². The molecule has 0 bridgehead atoms. The van der Waals surface area contributed by atoms with Crippen molar-refractivity contribution in [2.75, 3.05) is 0 Å². The van der Waals surface area contributed by atoms with Crippen LogP contribution in [0.4, 0.5) is 8.78 Å². The van der Waals surface area contributed by atoms with E-state index in [1.807, 2.05) is 0 Å². The van der Waals surface area contributed by atoms with Gasteiger partial charge in [-0.15, -0.1) is 0 Å². The maximum absolute atomic E-state index is 13.7. The van der Waals surface area contributed by atoms with E-state index in [1.165, 1.54) is 19.2 Å². The maximum Gasteiger partial charge on any atom is 0.335 e. The van der Waals surface area contributed by atoms with Crippen LogP contribution in [-0.2, 0) is 13.5 Å². The van der Waals surface area contributed by atoms with Gasteiger partial charge < -0.3 is 10.4 Å². The monoisotopic (exact) mass is 447 g/mol. The first-order valence-corrected chi connectivity index (χ1v) is 9.77. The normalized spacial score (nSPS) is 12.1. The molecule has 3 rings (SSSR count). The molecule has 31 heavy (non-hydrogen) atoms. The highest BCUT2D eigenvalue weighted by atomic mass is 35.5. The SMILES string of the molecule is C[C@H](NC(=O)c1c(Cc2cccc(Cl)c2)nn(C)c1C(F)F)c1ccc(C(=O)O)cc1. The largest absolute Gasteiger partial charge is 0.478 e. The lowest BCUT2D eigenvalue weighted by atomic mass is 10.0. The molecule has 1 aromatic heterocycles. The molecule has 0 saturated heterocycles. The number of amides is 1. The van der Waals surface area contributed by atoms with Crippen LogP contribution in [0.15, 0.2) is 48.5 Å². The van der Waals surface area contributed by atoms with Crippen molar-refractivity contribution < 1.29 is 23.5 Å². The Hall–Kier alpha value is -3.26. The number of rotatable bonds is 7. The summed E-state index contributed by atoms with van der Waals surface area (Å²) in [5.41, 5.74) is 1.05. The Morgan fingerprint density at radius 3 is 2.45 bits per heavy atom. The van der Waals surface area contributed by atoms with Crippen molar-refractivity contribution in [2.45, 2.75) is 25.8 Å². The summed E-state index contributed by atoms with van der Waals surface area (Å²) in [5.74, 6) is -1.75. The minimum atomic E-state index is -2.89. The molecule has 1 amide bonds. The minimum Gasteiger partial charge on any atom is -0.478 e. The number of carboxylic acids is 1. The van der Waals surface area contributed by atoms with Crippen LogP contribution in [-0.4, -0.2) is 26.8 Å². The zero-order valence-electron chi connectivity index (χ0n) is 16.8. The number of hydrogen-bond acceptors (Lipinski definition) is 3. The summed E-state index contributed by atoms with van der Waals surface area (Å²) in [5, 5.41) is 16.4. The number of nitrogens with zero attached hydrogens (tertiary/aromatic N) is 2. The number of aromatic carboxylic acids is 1. The molecule has 2 aromatic carbocycles. The van der Waals surface area contributed by atoms with Gasteiger partial charge in [0.2, 0.25) is 0 Å². The molecule has 0 aliphatic heterocycles. The first-order chi connectivity index (χ1) is 14.7. The van der Waals surface area contributed by atoms with Crippen molar-refractivity contribution >= 4 is 23.5 Å². The second kappa shape index (κ2) is 9.26. The van der Waals surface area contributed by atoms with Crippen LogP contribution >= 0.6 is 11.6 Å². The molecule has 9 heteroatoms. The molecule has 6 nitrogen and oxygen atoms in total. The summed E-state index contributed by atoms with van der Waals surface area (Å²) in [6.45, 7) is 1.68. The van der Waals surface area contributed by atoms with Crippen molar-refractivity contribution in [3.8, 4) is 0 Å². The molecule has 0 radical (unpaired) electrons. The fraction of sp³-hybridized carbons (Fsp3) is 0.227. The van der Waals surface area contributed by atoms with Gasteiger partial charge in [-0.3, -0.25) is 9.48 Å². The van der Waals surface area contributed by atoms with Gasteiger partial charge in [0.1, 0.15) is 5.69 Å². The first-order valence-electron chi connectivity index (χ1n) is 9.39. The number of carbonyl (C=O) groups excluding carboxylic acids is 1. The van der Waals surface area contributed by atoms with Crippen LogP contribution in [0.25, 0.3) is 0 Å². The fourth-order valence-electron chi connectivity index (χ4n) is 3.32. The van der Waals surface area contributed by atoms with Gasteiger partial charge >= 0.3 is 5.97 Å². The predicted molar refractivity (Wildman–Crippen MR) is 112 cm³/mol. The van der Waals surface area contributed by atoms with Crippen molar-refractivity contribution in [2.24, 2.45) is 7.05 Å². The molecule has 0 aliphatic carbocycles. The van der Waals surface area contributed by atoms with Crippen LogP contribution in [0, 0.1) is 0 Å². The molecule has 0 saturated carbocycles. The highest BCUT2D eigenvalue weighted by molar-refractivity contribution is 6.30. The van der Waals surface area contributed by atoms with Crippen molar-refractivity contribution in [3.05, 3.63) is 87.2 Å². The molecule has 0 spiro atoms. The van der Waals surface area contributed by atoms with Gasteiger partial charge in [0.05, 0.1) is 22.9 Å². The summed E-state index contributed by atoms with van der Waals surface area (Å²) < 4.78 is 28.5. The molecule has 0 unspecified atom stereocenters. The average Bonchev–Trinajstić information content (AvgIpc) is 3.04. The topological polar surface area (TPSA) is 84.2 Å². The minimum absolute atomic E-state index is 0.110. The Kier molecular flexibility index (Phi) is 6.70. The van der Waals surface area contributed by atoms with Crippen molar-refractivity contribution in [3.63, 3.8) is 0 Å². The lowest BCUT2D eigenvalue weighted by molar-refractivity contribution is 0.0696. The lowest BCUT2D eigenvalue weighted by Crippen LogP contribution is -2.28. The van der Waals surface area contributed by atoms with Crippen LogP contribution in [0.1, 0.15) is 62.6 Å². The molecule has 1 atom stereocenters. The lowest BCUT2D eigenvalue weighted by Gasteiger charge is -2.15. The Labute approximate surface area is 182 Å². The Bertz CT molecular complexity index is 1110. The summed E-state index contributed by atoms with van der Waals surface area (Å²) >= 11 is 6.01. The highest BCUT2D eigenvalue weighted by Crippen LogP contribution is 2.28. The van der Waals surface area contributed by atoms with E-state index < -0.39 is 30.0 Å². The molecule has 0 fully saturated rings. The Morgan fingerprint density at radius 1 is 1.19 bits per heavy atom. The van der Waals surface area contributed by atoms with Gasteiger partial charge in [-0.2, -0.15) is 5.10 Å². The summed E-state index contributed by atoms with van der Waals surface area (Å²) in [7, 11) is 1.37. The van der Waals surface area contributed by atoms with E-state index in [0.29, 0.717) is 10.6 Å². The number of carboxylic acid groups (broad SMARTS) is 1. The number of benzene rings is 2. The van der Waals surface area contributed by atoms with Gasteiger partial charge in [-0.1, -0.05) is 35.9 Å². The third-order valence-electron chi connectivity index (χ3n) is 4.86. The summed E-state index contributed by atoms with van der Waals surface area (Å²) in [4.78, 5) is 24.0. The van der Waals surface area contributed by atoms with Crippen LogP contribution in [0.5, 0.6) is 0 Å². The number of aryl methyl sites for hydroxylation is 1. The van der Waals surface area contributed by atoms with Gasteiger partial charge in [0, 0.05) is 18.5 Å². The molecule has 3 aromatic rings. The van der Waals surface area contributed by atoms with Crippen LogP contribution in [0.3, 0.4) is 0 Å². The predicted octanol–water partition coefficient (Wildman–Crippen LogP) is 4.79. The quantitative estimate of drug-likeness (QED) is 0.545. The molecular formula is C22H20ClF2N3O3. The highest BCUT2D eigenvalue weighted by Gasteiger charge is 2.29. The molecular weight excluding hydrogens is 428 g/mol. The van der Waals surface area contributed by atoms with Crippen molar-refractivity contribution in [1.29, 1.82) is 0 Å². The average molecular weight is 448 g/mol. The Balaban J connectivity index is 1.90. The molecule has 1 heterocycles. The van der Waals surface area contributed by atoms with E-state index in [2.05, 4.69) is 10.4 Å². The van der Waals surface area contributed by atoms with E-state index in [1.54, 1.807) is 43.3 Å². The van der Waals surface area contributed by atoms with Gasteiger partial charge in [-0.05, 0) is 42.3 Å². The fourth-order valence-corrected chi connectivity index (χ4v) is 3.54. The van der Waals surface area contributed by atoms with E-state index in [0.717, 1.165) is 10.2 Å². The zero-order chi connectivity index (χ0) is 22.7. The molecule has 162 valence electrons. The van der Waals surface area contributed by atoms with Gasteiger partial charge in [0.15, 0.2) is 0 Å². The summed E-state index contributed by atoms with van der Waals surface area (Å²) in [6, 6.07) is 12.3. The second-order valence-corrected chi connectivity index (χ2v) is 7.50. The zero-order valence-corrected chi connectivity index (χ0v) is 17.5. The number of hydrogen-bond donors (Lipinski definition) is 2. The van der Waals surface area contributed by atoms with E-state index >= 15 is 0 Å². The second-order valence-electron chi connectivity index (χ2n) is 7.06. The van der Waals surface area contributed by atoms with Crippen molar-refractivity contribution in [1.82, 2.24) is 15.1 Å².